The Hall–Kier alpha value is -0.0400. The molecule has 13 heavy (non-hydrogen) atoms. The van der Waals surface area contributed by atoms with Gasteiger partial charge in [0.2, 0.25) is 0 Å². The van der Waals surface area contributed by atoms with Crippen LogP contribution in [0.2, 0.25) is 0 Å². The Balaban J connectivity index is 1.55. The highest BCUT2D eigenvalue weighted by atomic mass is 15.0. The smallest absolute Gasteiger partial charge is 0.0136 e. The van der Waals surface area contributed by atoms with E-state index in [-0.39, 0.29) is 0 Å². The van der Waals surface area contributed by atoms with Crippen LogP contribution in [0.5, 0.6) is 0 Å². The fraction of sp³-hybridized carbons (Fsp3) is 1.00. The zero-order valence-corrected chi connectivity index (χ0v) is 8.79. The largest absolute Gasteiger partial charge is 0.313 e. The molecular formula is C12H21N. The second-order valence-electron chi connectivity index (χ2n) is 5.82. The average Bonchev–Trinajstić information content (AvgIpc) is 2.51. The Kier molecular flexibility index (Phi) is 1.74. The van der Waals surface area contributed by atoms with Crippen LogP contribution < -0.4 is 5.32 Å². The Labute approximate surface area is 81.3 Å². The molecule has 0 saturated heterocycles. The van der Waals surface area contributed by atoms with Crippen molar-refractivity contribution in [1.82, 2.24) is 5.32 Å². The number of hydrogen-bond acceptors (Lipinski definition) is 1. The first-order chi connectivity index (χ1) is 6.27. The quantitative estimate of drug-likeness (QED) is 0.701. The third-order valence-electron chi connectivity index (χ3n) is 4.50. The van der Waals surface area contributed by atoms with Crippen LogP contribution in [0.25, 0.3) is 0 Å². The summed E-state index contributed by atoms with van der Waals surface area (Å²) >= 11 is 0. The standard InChI is InChI=1S/C12H21N/c1-7(2)6-13-12-10-8-3-4-9(5-8)11(10)12/h7-13H,3-6H2,1-2H3. The zero-order valence-electron chi connectivity index (χ0n) is 8.79. The normalized spacial score (nSPS) is 51.5. The molecule has 1 N–H and O–H groups in total. The van der Waals surface area contributed by atoms with Crippen molar-refractivity contribution in [2.45, 2.75) is 39.2 Å². The molecule has 1 nitrogen and oxygen atoms in total. The summed E-state index contributed by atoms with van der Waals surface area (Å²) in [5, 5.41) is 3.76. The first-order valence-electron chi connectivity index (χ1n) is 6.00. The topological polar surface area (TPSA) is 12.0 Å². The molecular weight excluding hydrogens is 158 g/mol. The molecule has 0 aromatic heterocycles. The fourth-order valence-electron chi connectivity index (χ4n) is 3.97. The summed E-state index contributed by atoms with van der Waals surface area (Å²) in [6.07, 6.45) is 4.67. The van der Waals surface area contributed by atoms with Crippen molar-refractivity contribution in [2.75, 3.05) is 6.54 Å². The highest BCUT2D eigenvalue weighted by Crippen LogP contribution is 2.65. The summed E-state index contributed by atoms with van der Waals surface area (Å²) < 4.78 is 0. The Morgan fingerprint density at radius 2 is 1.77 bits per heavy atom. The lowest BCUT2D eigenvalue weighted by Crippen LogP contribution is -2.26. The van der Waals surface area contributed by atoms with E-state index >= 15 is 0 Å². The minimum Gasteiger partial charge on any atom is -0.313 e. The van der Waals surface area contributed by atoms with Gasteiger partial charge in [-0.25, -0.2) is 0 Å². The van der Waals surface area contributed by atoms with Crippen molar-refractivity contribution in [3.05, 3.63) is 0 Å². The van der Waals surface area contributed by atoms with Gasteiger partial charge < -0.3 is 5.32 Å². The average molecular weight is 179 g/mol. The SMILES string of the molecule is CC(C)CNC1C2C3CCC(C3)C12. The molecule has 0 spiro atoms. The highest BCUT2D eigenvalue weighted by molar-refractivity contribution is 5.16. The van der Waals surface area contributed by atoms with E-state index in [1.54, 1.807) is 19.3 Å². The minimum atomic E-state index is 0.818. The van der Waals surface area contributed by atoms with Gasteiger partial charge in [0, 0.05) is 6.04 Å². The molecule has 74 valence electrons. The van der Waals surface area contributed by atoms with E-state index in [1.165, 1.54) is 6.54 Å². The number of hydrogen-bond donors (Lipinski definition) is 1. The monoisotopic (exact) mass is 179 g/mol. The maximum absolute atomic E-state index is 3.76. The maximum Gasteiger partial charge on any atom is 0.0136 e. The van der Waals surface area contributed by atoms with Gasteiger partial charge in [0.05, 0.1) is 0 Å². The van der Waals surface area contributed by atoms with Gasteiger partial charge in [0.15, 0.2) is 0 Å². The van der Waals surface area contributed by atoms with Gasteiger partial charge in [-0.1, -0.05) is 13.8 Å². The van der Waals surface area contributed by atoms with E-state index < -0.39 is 0 Å². The van der Waals surface area contributed by atoms with Crippen molar-refractivity contribution in [3.63, 3.8) is 0 Å². The molecule has 3 aliphatic rings. The van der Waals surface area contributed by atoms with Crippen LogP contribution in [0.1, 0.15) is 33.1 Å². The molecule has 0 radical (unpaired) electrons. The van der Waals surface area contributed by atoms with Gasteiger partial charge >= 0.3 is 0 Å². The summed E-state index contributed by atoms with van der Waals surface area (Å²) in [7, 11) is 0. The summed E-state index contributed by atoms with van der Waals surface area (Å²) in [6, 6.07) is 0.939. The van der Waals surface area contributed by atoms with Gasteiger partial charge in [-0.2, -0.15) is 0 Å². The third-order valence-corrected chi connectivity index (χ3v) is 4.50. The van der Waals surface area contributed by atoms with Crippen LogP contribution in [0, 0.1) is 29.6 Å². The van der Waals surface area contributed by atoms with Gasteiger partial charge in [-0.3, -0.25) is 0 Å². The highest BCUT2D eigenvalue weighted by Gasteiger charge is 2.64. The summed E-state index contributed by atoms with van der Waals surface area (Å²) in [5.74, 6) is 5.29. The predicted molar refractivity (Wildman–Crippen MR) is 54.4 cm³/mol. The van der Waals surface area contributed by atoms with Crippen LogP contribution in [0.4, 0.5) is 0 Å². The van der Waals surface area contributed by atoms with Crippen molar-refractivity contribution in [1.29, 1.82) is 0 Å². The van der Waals surface area contributed by atoms with Crippen LogP contribution in [-0.2, 0) is 0 Å². The Bertz CT molecular complexity index is 195. The van der Waals surface area contributed by atoms with Gasteiger partial charge in [-0.15, -0.1) is 0 Å². The number of nitrogens with one attached hydrogen (secondary N) is 1. The first kappa shape index (κ1) is 8.28. The number of fused-ring (bicyclic) bond motifs is 5. The summed E-state index contributed by atoms with van der Waals surface area (Å²) in [4.78, 5) is 0. The molecule has 3 saturated carbocycles. The molecule has 3 aliphatic carbocycles. The second-order valence-corrected chi connectivity index (χ2v) is 5.82. The Morgan fingerprint density at radius 1 is 1.15 bits per heavy atom. The first-order valence-corrected chi connectivity index (χ1v) is 6.00. The second kappa shape index (κ2) is 2.73. The molecule has 0 aliphatic heterocycles. The summed E-state index contributed by atoms with van der Waals surface area (Å²) in [6.45, 7) is 5.84. The van der Waals surface area contributed by atoms with Crippen LogP contribution in [0.3, 0.4) is 0 Å². The van der Waals surface area contributed by atoms with E-state index in [4.69, 9.17) is 0 Å². The van der Waals surface area contributed by atoms with E-state index in [0.717, 1.165) is 35.6 Å². The molecule has 1 heteroatoms. The fourth-order valence-corrected chi connectivity index (χ4v) is 3.97. The molecule has 0 aromatic rings. The molecule has 0 heterocycles. The molecule has 4 atom stereocenters. The predicted octanol–water partition coefficient (Wildman–Crippen LogP) is 2.28. The molecule has 0 aromatic carbocycles. The zero-order chi connectivity index (χ0) is 9.00. The Morgan fingerprint density at radius 3 is 2.31 bits per heavy atom. The van der Waals surface area contributed by atoms with E-state index in [1.807, 2.05) is 0 Å². The van der Waals surface area contributed by atoms with Crippen molar-refractivity contribution < 1.29 is 0 Å². The van der Waals surface area contributed by atoms with Crippen molar-refractivity contribution in [3.8, 4) is 0 Å². The van der Waals surface area contributed by atoms with Crippen molar-refractivity contribution >= 4 is 0 Å². The van der Waals surface area contributed by atoms with Crippen LogP contribution >= 0.6 is 0 Å². The number of rotatable bonds is 3. The molecule has 3 fully saturated rings. The maximum atomic E-state index is 3.76. The van der Waals surface area contributed by atoms with E-state index in [0.29, 0.717) is 0 Å². The minimum absolute atomic E-state index is 0.818. The molecule has 0 amide bonds. The van der Waals surface area contributed by atoms with Crippen molar-refractivity contribution in [2.24, 2.45) is 29.6 Å². The lowest BCUT2D eigenvalue weighted by molar-refractivity contribution is 0.440. The molecule has 3 rings (SSSR count). The summed E-state index contributed by atoms with van der Waals surface area (Å²) in [5.41, 5.74) is 0. The molecule has 2 bridgehead atoms. The van der Waals surface area contributed by atoms with Gasteiger partial charge in [0.25, 0.3) is 0 Å². The van der Waals surface area contributed by atoms with Gasteiger partial charge in [0.1, 0.15) is 0 Å². The third kappa shape index (κ3) is 1.16. The lowest BCUT2D eigenvalue weighted by Gasteiger charge is -2.11. The lowest BCUT2D eigenvalue weighted by atomic mass is 10.0. The van der Waals surface area contributed by atoms with Crippen LogP contribution in [0.15, 0.2) is 0 Å². The van der Waals surface area contributed by atoms with E-state index in [9.17, 15) is 0 Å². The molecule has 4 unspecified atom stereocenters. The van der Waals surface area contributed by atoms with E-state index in [2.05, 4.69) is 19.2 Å². The van der Waals surface area contributed by atoms with Crippen LogP contribution in [-0.4, -0.2) is 12.6 Å². The van der Waals surface area contributed by atoms with Gasteiger partial charge in [-0.05, 0) is 55.4 Å².